The minimum Gasteiger partial charge on any atom is -0.503 e. The van der Waals surface area contributed by atoms with Gasteiger partial charge in [0.2, 0.25) is 0 Å². The molecule has 0 aliphatic carbocycles. The lowest BCUT2D eigenvalue weighted by molar-refractivity contribution is 0.249. The fraction of sp³-hybridized carbons (Fsp3) is 0.200. The quantitative estimate of drug-likeness (QED) is 0.552. The normalized spacial score (nSPS) is 10.6. The first-order valence-electron chi connectivity index (χ1n) is 4.89. The van der Waals surface area contributed by atoms with Crippen LogP contribution in [0.25, 0.3) is 0 Å². The summed E-state index contributed by atoms with van der Waals surface area (Å²) in [6.07, 6.45) is 1.38. The van der Waals surface area contributed by atoms with Crippen LogP contribution in [-0.4, -0.2) is 24.0 Å². The molecule has 8 heteroatoms. The number of nitrogens with two attached hydrogens (primary N) is 1. The highest BCUT2D eigenvalue weighted by Crippen LogP contribution is 2.41. The first kappa shape index (κ1) is 14.8. The van der Waals surface area contributed by atoms with Crippen LogP contribution in [0.15, 0.2) is 20.1 Å². The SMILES string of the molecule is CCOc1cc(/C=N/NC(N)=O)c(Br)c(Br)c1O. The molecule has 0 aliphatic rings. The lowest BCUT2D eigenvalue weighted by Gasteiger charge is -2.10. The minimum atomic E-state index is -0.759. The van der Waals surface area contributed by atoms with E-state index in [0.717, 1.165) is 0 Å². The first-order valence-corrected chi connectivity index (χ1v) is 6.48. The van der Waals surface area contributed by atoms with E-state index in [-0.39, 0.29) is 5.75 Å². The van der Waals surface area contributed by atoms with Gasteiger partial charge in [0, 0.05) is 10.0 Å². The van der Waals surface area contributed by atoms with E-state index in [1.54, 1.807) is 13.0 Å². The molecule has 0 aliphatic heterocycles. The molecule has 0 heterocycles. The first-order chi connectivity index (χ1) is 8.47. The molecule has 0 spiro atoms. The van der Waals surface area contributed by atoms with Crippen molar-refractivity contribution in [3.63, 3.8) is 0 Å². The number of nitrogens with one attached hydrogen (secondary N) is 1. The van der Waals surface area contributed by atoms with Gasteiger partial charge in [-0.05, 0) is 44.8 Å². The summed E-state index contributed by atoms with van der Waals surface area (Å²) < 4.78 is 6.29. The number of aromatic hydroxyl groups is 1. The second-order valence-corrected chi connectivity index (χ2v) is 4.69. The van der Waals surface area contributed by atoms with Gasteiger partial charge in [-0.1, -0.05) is 0 Å². The van der Waals surface area contributed by atoms with Gasteiger partial charge in [-0.3, -0.25) is 0 Å². The predicted octanol–water partition coefficient (Wildman–Crippen LogP) is 2.32. The van der Waals surface area contributed by atoms with Crippen molar-refractivity contribution in [1.29, 1.82) is 0 Å². The van der Waals surface area contributed by atoms with Crippen LogP contribution < -0.4 is 15.9 Å². The third-order valence-corrected chi connectivity index (χ3v) is 4.01. The highest BCUT2D eigenvalue weighted by Gasteiger charge is 2.14. The fourth-order valence-corrected chi connectivity index (χ4v) is 1.97. The number of primary amides is 1. The fourth-order valence-electron chi connectivity index (χ4n) is 1.14. The number of nitrogens with zero attached hydrogens (tertiary/aromatic N) is 1. The maximum atomic E-state index is 10.5. The molecular formula is C10H11Br2N3O3. The Labute approximate surface area is 120 Å². The van der Waals surface area contributed by atoms with Crippen molar-refractivity contribution in [3.05, 3.63) is 20.6 Å². The maximum Gasteiger partial charge on any atom is 0.332 e. The van der Waals surface area contributed by atoms with Gasteiger partial charge >= 0.3 is 6.03 Å². The van der Waals surface area contributed by atoms with Crippen LogP contribution >= 0.6 is 31.9 Å². The summed E-state index contributed by atoms with van der Waals surface area (Å²) in [5.41, 5.74) is 7.56. The monoisotopic (exact) mass is 379 g/mol. The van der Waals surface area contributed by atoms with Crippen molar-refractivity contribution in [2.75, 3.05) is 6.61 Å². The number of carbonyl (C=O) groups excluding carboxylic acids is 1. The average molecular weight is 381 g/mol. The molecular weight excluding hydrogens is 370 g/mol. The number of hydrogen-bond acceptors (Lipinski definition) is 4. The smallest absolute Gasteiger partial charge is 0.332 e. The molecule has 0 unspecified atom stereocenters. The second kappa shape index (κ2) is 6.60. The largest absolute Gasteiger partial charge is 0.503 e. The van der Waals surface area contributed by atoms with Crippen molar-refractivity contribution in [2.24, 2.45) is 10.8 Å². The lowest BCUT2D eigenvalue weighted by Crippen LogP contribution is -2.24. The summed E-state index contributed by atoms with van der Waals surface area (Å²) in [6.45, 7) is 2.22. The van der Waals surface area contributed by atoms with Gasteiger partial charge in [-0.25, -0.2) is 10.2 Å². The van der Waals surface area contributed by atoms with Crippen LogP contribution in [-0.2, 0) is 0 Å². The molecule has 1 aromatic rings. The molecule has 18 heavy (non-hydrogen) atoms. The molecule has 2 amide bonds. The number of hydrazone groups is 1. The zero-order valence-electron chi connectivity index (χ0n) is 9.41. The molecule has 0 aromatic heterocycles. The van der Waals surface area contributed by atoms with E-state index in [9.17, 15) is 9.90 Å². The Morgan fingerprint density at radius 3 is 2.83 bits per heavy atom. The Hall–Kier alpha value is -1.28. The highest BCUT2D eigenvalue weighted by molar-refractivity contribution is 9.13. The molecule has 0 atom stereocenters. The Balaban J connectivity index is 3.11. The topological polar surface area (TPSA) is 96.9 Å². The van der Waals surface area contributed by atoms with Gasteiger partial charge in [0.1, 0.15) is 0 Å². The van der Waals surface area contributed by atoms with Crippen LogP contribution in [0.2, 0.25) is 0 Å². The number of carbonyl (C=O) groups is 1. The highest BCUT2D eigenvalue weighted by atomic mass is 79.9. The maximum absolute atomic E-state index is 10.5. The van der Waals surface area contributed by atoms with Crippen LogP contribution in [0.3, 0.4) is 0 Å². The van der Waals surface area contributed by atoms with Crippen molar-refractivity contribution in [3.8, 4) is 11.5 Å². The molecule has 0 saturated carbocycles. The van der Waals surface area contributed by atoms with Gasteiger partial charge in [0.05, 0.1) is 17.3 Å². The van der Waals surface area contributed by atoms with E-state index < -0.39 is 6.03 Å². The van der Waals surface area contributed by atoms with Gasteiger partial charge in [-0.2, -0.15) is 5.10 Å². The van der Waals surface area contributed by atoms with Crippen molar-refractivity contribution in [2.45, 2.75) is 6.92 Å². The van der Waals surface area contributed by atoms with E-state index in [4.69, 9.17) is 10.5 Å². The molecule has 0 saturated heterocycles. The van der Waals surface area contributed by atoms with Gasteiger partial charge < -0.3 is 15.6 Å². The number of urea groups is 1. The summed E-state index contributed by atoms with van der Waals surface area (Å²) >= 11 is 6.51. The molecule has 4 N–H and O–H groups in total. The third kappa shape index (κ3) is 3.61. The summed E-state index contributed by atoms with van der Waals surface area (Å²) in [5.74, 6) is 0.303. The van der Waals surface area contributed by atoms with Crippen LogP contribution in [0.4, 0.5) is 4.79 Å². The summed E-state index contributed by atoms with van der Waals surface area (Å²) in [5, 5.41) is 13.4. The lowest BCUT2D eigenvalue weighted by atomic mass is 10.2. The number of benzene rings is 1. The number of phenols is 1. The molecule has 1 aromatic carbocycles. The molecule has 0 radical (unpaired) electrons. The predicted molar refractivity (Wildman–Crippen MR) is 75.0 cm³/mol. The van der Waals surface area contributed by atoms with E-state index in [0.29, 0.717) is 26.9 Å². The number of ether oxygens (including phenoxy) is 1. The summed E-state index contributed by atoms with van der Waals surface area (Å²) in [7, 11) is 0. The van der Waals surface area contributed by atoms with Crippen molar-refractivity contribution < 1.29 is 14.6 Å². The standard InChI is InChI=1S/C10H11Br2N3O3/c1-2-18-6-3-5(4-14-15-10(13)17)7(11)8(12)9(6)16/h3-4,16H,2H2,1H3,(H3,13,15,17)/b14-4+. The second-order valence-electron chi connectivity index (χ2n) is 3.11. The van der Waals surface area contributed by atoms with E-state index in [1.165, 1.54) is 6.21 Å². The van der Waals surface area contributed by atoms with E-state index in [2.05, 4.69) is 42.4 Å². The van der Waals surface area contributed by atoms with Crippen molar-refractivity contribution >= 4 is 44.1 Å². The molecule has 6 nitrogen and oxygen atoms in total. The van der Waals surface area contributed by atoms with E-state index >= 15 is 0 Å². The number of rotatable bonds is 4. The number of amides is 2. The third-order valence-electron chi connectivity index (χ3n) is 1.85. The van der Waals surface area contributed by atoms with Crippen LogP contribution in [0.1, 0.15) is 12.5 Å². The van der Waals surface area contributed by atoms with E-state index in [1.807, 2.05) is 0 Å². The molecule has 98 valence electrons. The molecule has 1 rings (SSSR count). The van der Waals surface area contributed by atoms with Crippen molar-refractivity contribution in [1.82, 2.24) is 5.43 Å². The molecule has 0 fully saturated rings. The zero-order valence-corrected chi connectivity index (χ0v) is 12.6. The average Bonchev–Trinajstić information content (AvgIpc) is 2.32. The van der Waals surface area contributed by atoms with Crippen LogP contribution in [0.5, 0.6) is 11.5 Å². The molecule has 0 bridgehead atoms. The summed E-state index contributed by atoms with van der Waals surface area (Å²) in [4.78, 5) is 10.5. The number of halogens is 2. The Morgan fingerprint density at radius 2 is 2.28 bits per heavy atom. The van der Waals surface area contributed by atoms with Gasteiger partial charge in [0.15, 0.2) is 11.5 Å². The Morgan fingerprint density at radius 1 is 1.61 bits per heavy atom. The zero-order chi connectivity index (χ0) is 13.7. The number of hydrogen-bond donors (Lipinski definition) is 3. The minimum absolute atomic E-state index is 0.0104. The number of phenolic OH excluding ortho intramolecular Hbond substituents is 1. The van der Waals surface area contributed by atoms with Gasteiger partial charge in [-0.15, -0.1) is 0 Å². The Bertz CT molecular complexity index is 492. The summed E-state index contributed by atoms with van der Waals surface area (Å²) in [6, 6.07) is 0.824. The Kier molecular flexibility index (Phi) is 5.42. The van der Waals surface area contributed by atoms with Crippen LogP contribution in [0, 0.1) is 0 Å². The van der Waals surface area contributed by atoms with Gasteiger partial charge in [0.25, 0.3) is 0 Å².